The summed E-state index contributed by atoms with van der Waals surface area (Å²) in [6.45, 7) is 5.59. The molecule has 1 aromatic carbocycles. The molecule has 0 spiro atoms. The van der Waals surface area contributed by atoms with Gasteiger partial charge in [-0.2, -0.15) is 5.10 Å². The predicted octanol–water partition coefficient (Wildman–Crippen LogP) is 3.43. The second kappa shape index (κ2) is 7.83. The lowest BCUT2D eigenvalue weighted by Gasteiger charge is -2.13. The highest BCUT2D eigenvalue weighted by Gasteiger charge is 2.07. The number of hydrogen-bond acceptors (Lipinski definition) is 4. The number of para-hydroxylation sites is 1. The molecule has 0 amide bonds. The topological polar surface area (TPSA) is 54.9 Å². The largest absolute Gasteiger partial charge is 0.493 e. The summed E-state index contributed by atoms with van der Waals surface area (Å²) in [5.41, 5.74) is 4.43. The molecule has 0 unspecified atom stereocenters. The zero-order valence-electron chi connectivity index (χ0n) is 12.6. The Morgan fingerprint density at radius 2 is 2.10 bits per heavy atom. The summed E-state index contributed by atoms with van der Waals surface area (Å²) in [6.07, 6.45) is 2.90. The van der Waals surface area contributed by atoms with E-state index in [0.29, 0.717) is 11.3 Å². The molecule has 2 aromatic rings. The van der Waals surface area contributed by atoms with E-state index in [1.807, 2.05) is 22.9 Å². The molecule has 5 nitrogen and oxygen atoms in total. The third kappa shape index (κ3) is 4.07. The lowest BCUT2D eigenvalue weighted by atomic mass is 10.2. The minimum Gasteiger partial charge on any atom is -0.493 e. The van der Waals surface area contributed by atoms with Crippen LogP contribution in [0.4, 0.5) is 0 Å². The van der Waals surface area contributed by atoms with Crippen molar-refractivity contribution in [3.8, 4) is 5.75 Å². The van der Waals surface area contributed by atoms with Crippen LogP contribution in [0.3, 0.4) is 0 Å². The minimum absolute atomic E-state index is 0.588. The number of aromatic amines is 1. The predicted molar refractivity (Wildman–Crippen MR) is 86.7 cm³/mol. The van der Waals surface area contributed by atoms with Crippen molar-refractivity contribution in [2.24, 2.45) is 0 Å². The zero-order valence-corrected chi connectivity index (χ0v) is 13.4. The van der Waals surface area contributed by atoms with Gasteiger partial charge in [-0.1, -0.05) is 32.0 Å². The molecule has 0 aliphatic heterocycles. The molecule has 2 rings (SSSR count). The number of H-pyrrole nitrogens is 1. The van der Waals surface area contributed by atoms with E-state index in [2.05, 4.69) is 35.5 Å². The number of hydrogen-bond donors (Lipinski definition) is 2. The third-order valence-corrected chi connectivity index (χ3v) is 3.35. The number of aromatic nitrogens is 3. The highest BCUT2D eigenvalue weighted by Crippen LogP contribution is 2.18. The van der Waals surface area contributed by atoms with E-state index < -0.39 is 0 Å². The van der Waals surface area contributed by atoms with Gasteiger partial charge in [0, 0.05) is 12.0 Å². The molecule has 21 heavy (non-hydrogen) atoms. The second-order valence-corrected chi connectivity index (χ2v) is 5.21. The van der Waals surface area contributed by atoms with Crippen LogP contribution >= 0.6 is 12.2 Å². The highest BCUT2D eigenvalue weighted by atomic mass is 32.1. The molecule has 0 radical (unpaired) electrons. The maximum absolute atomic E-state index is 5.77. The Kier molecular flexibility index (Phi) is 5.80. The molecule has 0 saturated heterocycles. The van der Waals surface area contributed by atoms with E-state index in [4.69, 9.17) is 17.0 Å². The van der Waals surface area contributed by atoms with Gasteiger partial charge in [-0.15, -0.1) is 0 Å². The van der Waals surface area contributed by atoms with Gasteiger partial charge in [-0.25, -0.2) is 4.68 Å². The average Bonchev–Trinajstić information content (AvgIpc) is 2.85. The Hall–Kier alpha value is -1.82. The van der Waals surface area contributed by atoms with Crippen molar-refractivity contribution in [2.45, 2.75) is 39.7 Å². The normalized spacial score (nSPS) is 10.6. The van der Waals surface area contributed by atoms with Crippen LogP contribution in [0, 0.1) is 4.77 Å². The summed E-state index contributed by atoms with van der Waals surface area (Å²) in [6, 6.07) is 8.05. The van der Waals surface area contributed by atoms with Gasteiger partial charge in [0.05, 0.1) is 13.2 Å². The smallest absolute Gasteiger partial charge is 0.214 e. The van der Waals surface area contributed by atoms with Crippen LogP contribution in [0.5, 0.6) is 5.75 Å². The van der Waals surface area contributed by atoms with E-state index in [0.717, 1.165) is 43.0 Å². The summed E-state index contributed by atoms with van der Waals surface area (Å²) in [5, 5.41) is 7.07. The fourth-order valence-corrected chi connectivity index (χ4v) is 2.27. The number of nitrogens with one attached hydrogen (secondary N) is 2. The van der Waals surface area contributed by atoms with E-state index >= 15 is 0 Å². The first kappa shape index (κ1) is 15.6. The van der Waals surface area contributed by atoms with Gasteiger partial charge in [-0.05, 0) is 31.1 Å². The monoisotopic (exact) mass is 306 g/mol. The molecule has 0 aliphatic carbocycles. The standard InChI is InChI=1S/C15H22N4OS/c1-3-7-14-17-18-15(21)19(14)16-11-12-8-5-6-9-13(12)20-10-4-2/h5-6,8-9,16H,3-4,7,10-11H2,1-2H3,(H,18,21). The number of nitrogens with zero attached hydrogens (tertiary/aromatic N) is 2. The summed E-state index contributed by atoms with van der Waals surface area (Å²) in [5.74, 6) is 1.84. The SMILES string of the molecule is CCCOc1ccccc1CNn1c(CCC)n[nH]c1=S. The molecule has 6 heteroatoms. The van der Waals surface area contributed by atoms with E-state index in [9.17, 15) is 0 Å². The summed E-state index contributed by atoms with van der Waals surface area (Å²) in [4.78, 5) is 0. The Morgan fingerprint density at radius 1 is 1.29 bits per heavy atom. The lowest BCUT2D eigenvalue weighted by Crippen LogP contribution is -2.18. The van der Waals surface area contributed by atoms with E-state index in [-0.39, 0.29) is 0 Å². The van der Waals surface area contributed by atoms with Crippen molar-refractivity contribution in [2.75, 3.05) is 12.0 Å². The van der Waals surface area contributed by atoms with Crippen molar-refractivity contribution >= 4 is 12.2 Å². The average molecular weight is 306 g/mol. The van der Waals surface area contributed by atoms with Crippen LogP contribution in [0.15, 0.2) is 24.3 Å². The van der Waals surface area contributed by atoms with E-state index in [1.54, 1.807) is 0 Å². The lowest BCUT2D eigenvalue weighted by molar-refractivity contribution is 0.314. The van der Waals surface area contributed by atoms with Crippen LogP contribution in [0.25, 0.3) is 0 Å². The van der Waals surface area contributed by atoms with E-state index in [1.165, 1.54) is 0 Å². The zero-order chi connectivity index (χ0) is 15.1. The van der Waals surface area contributed by atoms with Crippen LogP contribution in [0.1, 0.15) is 38.1 Å². The molecule has 1 aromatic heterocycles. The van der Waals surface area contributed by atoms with Crippen LogP contribution in [-0.4, -0.2) is 21.5 Å². The first-order chi connectivity index (χ1) is 10.3. The first-order valence-corrected chi connectivity index (χ1v) is 7.78. The quantitative estimate of drug-likeness (QED) is 0.734. The van der Waals surface area contributed by atoms with Gasteiger partial charge in [0.25, 0.3) is 0 Å². The summed E-state index contributed by atoms with van der Waals surface area (Å²) < 4.78 is 8.20. The summed E-state index contributed by atoms with van der Waals surface area (Å²) >= 11 is 5.26. The first-order valence-electron chi connectivity index (χ1n) is 7.37. The van der Waals surface area contributed by atoms with Crippen molar-refractivity contribution < 1.29 is 4.74 Å². The van der Waals surface area contributed by atoms with Gasteiger partial charge in [0.2, 0.25) is 4.77 Å². The Labute approximate surface area is 130 Å². The van der Waals surface area contributed by atoms with Crippen LogP contribution < -0.4 is 10.2 Å². The third-order valence-electron chi connectivity index (χ3n) is 3.08. The molecular formula is C15H22N4OS. The van der Waals surface area contributed by atoms with Crippen molar-refractivity contribution in [1.29, 1.82) is 0 Å². The minimum atomic E-state index is 0.588. The van der Waals surface area contributed by atoms with Gasteiger partial charge in [-0.3, -0.25) is 5.10 Å². The molecule has 2 N–H and O–H groups in total. The molecule has 0 saturated carbocycles. The molecule has 0 fully saturated rings. The Morgan fingerprint density at radius 3 is 2.86 bits per heavy atom. The van der Waals surface area contributed by atoms with Gasteiger partial charge in [0.1, 0.15) is 5.75 Å². The molecule has 114 valence electrons. The fraction of sp³-hybridized carbons (Fsp3) is 0.467. The van der Waals surface area contributed by atoms with Gasteiger partial charge in [0.15, 0.2) is 5.82 Å². The van der Waals surface area contributed by atoms with Gasteiger partial charge < -0.3 is 10.2 Å². The molecular weight excluding hydrogens is 284 g/mol. The summed E-state index contributed by atoms with van der Waals surface area (Å²) in [7, 11) is 0. The number of rotatable bonds is 8. The van der Waals surface area contributed by atoms with Crippen LogP contribution in [0.2, 0.25) is 0 Å². The van der Waals surface area contributed by atoms with Crippen molar-refractivity contribution in [3.63, 3.8) is 0 Å². The number of aryl methyl sites for hydroxylation is 1. The maximum Gasteiger partial charge on any atom is 0.214 e. The molecule has 0 aliphatic rings. The molecule has 0 bridgehead atoms. The number of ether oxygens (including phenoxy) is 1. The molecule has 0 atom stereocenters. The fourth-order valence-electron chi connectivity index (χ4n) is 2.05. The van der Waals surface area contributed by atoms with Crippen molar-refractivity contribution in [3.05, 3.63) is 40.4 Å². The van der Waals surface area contributed by atoms with Crippen molar-refractivity contribution in [1.82, 2.24) is 14.9 Å². The maximum atomic E-state index is 5.77. The Balaban J connectivity index is 2.09. The second-order valence-electron chi connectivity index (χ2n) is 4.82. The molecule has 1 heterocycles. The Bertz CT molecular complexity index is 620. The number of benzene rings is 1. The van der Waals surface area contributed by atoms with Crippen LogP contribution in [-0.2, 0) is 13.0 Å². The van der Waals surface area contributed by atoms with Gasteiger partial charge >= 0.3 is 0 Å². The highest BCUT2D eigenvalue weighted by molar-refractivity contribution is 7.71.